The maximum absolute atomic E-state index is 12.1. The van der Waals surface area contributed by atoms with Gasteiger partial charge in [-0.2, -0.15) is 13.2 Å². The molecule has 0 aromatic carbocycles. The third-order valence-electron chi connectivity index (χ3n) is 2.27. The van der Waals surface area contributed by atoms with Crippen molar-refractivity contribution < 1.29 is 22.8 Å². The van der Waals surface area contributed by atoms with Gasteiger partial charge in [0.05, 0.1) is 13.1 Å². The van der Waals surface area contributed by atoms with Crippen molar-refractivity contribution in [2.45, 2.75) is 26.1 Å². The van der Waals surface area contributed by atoms with Crippen molar-refractivity contribution in [2.75, 3.05) is 26.7 Å². The summed E-state index contributed by atoms with van der Waals surface area (Å²) < 4.78 is 36.3. The summed E-state index contributed by atoms with van der Waals surface area (Å²) in [5.74, 6) is -1.34. The molecule has 0 rings (SSSR count). The smallest absolute Gasteiger partial charge is 0.369 e. The van der Waals surface area contributed by atoms with E-state index in [1.165, 1.54) is 4.90 Å². The summed E-state index contributed by atoms with van der Waals surface area (Å²) in [6, 6.07) is -0.166. The first-order valence-corrected chi connectivity index (χ1v) is 5.36. The molecule has 0 aliphatic rings. The van der Waals surface area contributed by atoms with Crippen LogP contribution < -0.4 is 5.73 Å². The van der Waals surface area contributed by atoms with Crippen LogP contribution in [-0.2, 0) is 9.59 Å². The van der Waals surface area contributed by atoms with Crippen LogP contribution >= 0.6 is 0 Å². The fourth-order valence-corrected chi connectivity index (χ4v) is 1.27. The SMILES string of the molecule is CC(C)N(CC(N)=O)CC(=O)N(C)CC(F)(F)F. The monoisotopic (exact) mass is 269 g/mol. The van der Waals surface area contributed by atoms with E-state index in [0.29, 0.717) is 4.90 Å². The van der Waals surface area contributed by atoms with Crippen LogP contribution in [0.2, 0.25) is 0 Å². The Bertz CT molecular complexity index is 305. The number of amides is 2. The summed E-state index contributed by atoms with van der Waals surface area (Å²) in [7, 11) is 1.07. The Hall–Kier alpha value is -1.31. The van der Waals surface area contributed by atoms with Gasteiger partial charge in [-0.25, -0.2) is 0 Å². The second-order valence-electron chi connectivity index (χ2n) is 4.33. The molecule has 0 aliphatic carbocycles. The zero-order valence-electron chi connectivity index (χ0n) is 10.6. The van der Waals surface area contributed by atoms with Crippen LogP contribution in [0, 0.1) is 0 Å². The normalized spacial score (nSPS) is 12.0. The van der Waals surface area contributed by atoms with Crippen LogP contribution in [0.1, 0.15) is 13.8 Å². The molecule has 8 heteroatoms. The van der Waals surface area contributed by atoms with Crippen molar-refractivity contribution in [1.29, 1.82) is 0 Å². The van der Waals surface area contributed by atoms with E-state index in [1.807, 2.05) is 0 Å². The number of hydrogen-bond donors (Lipinski definition) is 1. The van der Waals surface area contributed by atoms with Gasteiger partial charge in [-0.1, -0.05) is 0 Å². The number of nitrogens with zero attached hydrogens (tertiary/aromatic N) is 2. The lowest BCUT2D eigenvalue weighted by Crippen LogP contribution is -2.46. The minimum atomic E-state index is -4.43. The van der Waals surface area contributed by atoms with E-state index in [9.17, 15) is 22.8 Å². The van der Waals surface area contributed by atoms with E-state index < -0.39 is 24.5 Å². The zero-order valence-corrected chi connectivity index (χ0v) is 10.6. The zero-order chi connectivity index (χ0) is 14.5. The van der Waals surface area contributed by atoms with Crippen molar-refractivity contribution in [1.82, 2.24) is 9.80 Å². The van der Waals surface area contributed by atoms with Crippen molar-refractivity contribution in [3.05, 3.63) is 0 Å². The predicted molar refractivity (Wildman–Crippen MR) is 59.6 cm³/mol. The molecule has 18 heavy (non-hydrogen) atoms. The van der Waals surface area contributed by atoms with Gasteiger partial charge in [0.15, 0.2) is 0 Å². The molecule has 0 radical (unpaired) electrons. The van der Waals surface area contributed by atoms with E-state index >= 15 is 0 Å². The first-order valence-electron chi connectivity index (χ1n) is 5.36. The number of rotatable bonds is 6. The molecule has 106 valence electrons. The number of alkyl halides is 3. The van der Waals surface area contributed by atoms with Gasteiger partial charge in [-0.05, 0) is 13.8 Å². The molecule has 0 spiro atoms. The molecule has 0 saturated carbocycles. The second kappa shape index (κ2) is 6.58. The molecule has 5 nitrogen and oxygen atoms in total. The van der Waals surface area contributed by atoms with Crippen molar-refractivity contribution in [3.63, 3.8) is 0 Å². The number of nitrogens with two attached hydrogens (primary N) is 1. The molecular weight excluding hydrogens is 251 g/mol. The fourth-order valence-electron chi connectivity index (χ4n) is 1.27. The Morgan fingerprint density at radius 3 is 2.06 bits per heavy atom. The van der Waals surface area contributed by atoms with Gasteiger partial charge in [-0.3, -0.25) is 14.5 Å². The minimum absolute atomic E-state index is 0.163. The summed E-state index contributed by atoms with van der Waals surface area (Å²) in [6.07, 6.45) is -4.43. The Labute approximate surface area is 104 Å². The molecule has 0 bridgehead atoms. The molecule has 0 atom stereocenters. The highest BCUT2D eigenvalue weighted by atomic mass is 19.4. The third kappa shape index (κ3) is 7.10. The maximum atomic E-state index is 12.1. The molecule has 2 amide bonds. The minimum Gasteiger partial charge on any atom is -0.369 e. The fraction of sp³-hybridized carbons (Fsp3) is 0.800. The molecule has 0 saturated heterocycles. The van der Waals surface area contributed by atoms with E-state index in [4.69, 9.17) is 5.73 Å². The van der Waals surface area contributed by atoms with Gasteiger partial charge in [-0.15, -0.1) is 0 Å². The third-order valence-corrected chi connectivity index (χ3v) is 2.27. The van der Waals surface area contributed by atoms with Gasteiger partial charge in [0.1, 0.15) is 6.54 Å². The van der Waals surface area contributed by atoms with Crippen LogP contribution in [0.4, 0.5) is 13.2 Å². The van der Waals surface area contributed by atoms with Crippen LogP contribution in [-0.4, -0.2) is 60.5 Å². The molecule has 2 N–H and O–H groups in total. The number of halogens is 3. The topological polar surface area (TPSA) is 66.6 Å². The van der Waals surface area contributed by atoms with Crippen molar-refractivity contribution in [3.8, 4) is 0 Å². The highest BCUT2D eigenvalue weighted by molar-refractivity contribution is 5.80. The lowest BCUT2D eigenvalue weighted by atomic mass is 10.3. The molecule has 0 aliphatic heterocycles. The van der Waals surface area contributed by atoms with Gasteiger partial charge < -0.3 is 10.6 Å². The van der Waals surface area contributed by atoms with Crippen LogP contribution in [0.15, 0.2) is 0 Å². The number of carbonyl (C=O) groups is 2. The Kier molecular flexibility index (Phi) is 6.10. The van der Waals surface area contributed by atoms with Crippen LogP contribution in [0.3, 0.4) is 0 Å². The average Bonchev–Trinajstić information content (AvgIpc) is 2.12. The van der Waals surface area contributed by atoms with Crippen molar-refractivity contribution in [2.24, 2.45) is 5.73 Å². The summed E-state index contributed by atoms with van der Waals surface area (Å²) >= 11 is 0. The summed E-state index contributed by atoms with van der Waals surface area (Å²) in [6.45, 7) is 1.70. The Balaban J connectivity index is 4.46. The van der Waals surface area contributed by atoms with E-state index in [-0.39, 0.29) is 19.1 Å². The largest absolute Gasteiger partial charge is 0.406 e. The molecule has 0 fully saturated rings. The molecular formula is C10H18F3N3O2. The standard InChI is InChI=1S/C10H18F3N3O2/c1-7(2)16(4-8(14)17)5-9(18)15(3)6-10(11,12)13/h7H,4-6H2,1-3H3,(H2,14,17). The molecule has 0 unspecified atom stereocenters. The highest BCUT2D eigenvalue weighted by Gasteiger charge is 2.31. The lowest BCUT2D eigenvalue weighted by molar-refractivity contribution is -0.159. The number of carbonyl (C=O) groups excluding carboxylic acids is 2. The molecule has 0 aromatic heterocycles. The molecule has 0 heterocycles. The number of likely N-dealkylation sites (N-methyl/N-ethyl adjacent to an activating group) is 1. The van der Waals surface area contributed by atoms with Gasteiger partial charge >= 0.3 is 6.18 Å². The van der Waals surface area contributed by atoms with Gasteiger partial charge in [0.2, 0.25) is 11.8 Å². The number of hydrogen-bond acceptors (Lipinski definition) is 3. The Morgan fingerprint density at radius 2 is 1.72 bits per heavy atom. The first-order chi connectivity index (χ1) is 8.03. The lowest BCUT2D eigenvalue weighted by Gasteiger charge is -2.27. The molecule has 0 aromatic rings. The number of primary amides is 1. The summed E-state index contributed by atoms with van der Waals surface area (Å²) in [4.78, 5) is 24.3. The van der Waals surface area contributed by atoms with Gasteiger partial charge in [0.25, 0.3) is 0 Å². The Morgan fingerprint density at radius 1 is 1.22 bits per heavy atom. The van der Waals surface area contributed by atoms with Crippen LogP contribution in [0.25, 0.3) is 0 Å². The van der Waals surface area contributed by atoms with Gasteiger partial charge in [0, 0.05) is 13.1 Å². The second-order valence-corrected chi connectivity index (χ2v) is 4.33. The first kappa shape index (κ1) is 16.7. The highest BCUT2D eigenvalue weighted by Crippen LogP contribution is 2.15. The summed E-state index contributed by atoms with van der Waals surface area (Å²) in [5, 5.41) is 0. The van der Waals surface area contributed by atoms with E-state index in [2.05, 4.69) is 0 Å². The average molecular weight is 269 g/mol. The van der Waals surface area contributed by atoms with Crippen molar-refractivity contribution >= 4 is 11.8 Å². The van der Waals surface area contributed by atoms with E-state index in [1.54, 1.807) is 13.8 Å². The maximum Gasteiger partial charge on any atom is 0.406 e. The summed E-state index contributed by atoms with van der Waals surface area (Å²) in [5.41, 5.74) is 5.00. The quantitative estimate of drug-likeness (QED) is 0.749. The predicted octanol–water partition coefficient (Wildman–Crippen LogP) is 0.203. The van der Waals surface area contributed by atoms with E-state index in [0.717, 1.165) is 7.05 Å². The van der Waals surface area contributed by atoms with Crippen LogP contribution in [0.5, 0.6) is 0 Å².